The Balaban J connectivity index is 2.68. The largest absolute Gasteiger partial charge is 0.396 e. The smallest absolute Gasteiger partial charge is 0.221 e. The summed E-state index contributed by atoms with van der Waals surface area (Å²) in [4.78, 5) is 17.0. The molecule has 1 rings (SSSR count). The van der Waals surface area contributed by atoms with E-state index in [4.69, 9.17) is 17.3 Å². The summed E-state index contributed by atoms with van der Waals surface area (Å²) in [5, 5.41) is 2.94. The molecule has 0 radical (unpaired) electrons. The standard InChI is InChI=1S/C10H15ClN4O/c1-13-9(16)5-6-15(2)10-7(12)3-4-8(11)14-10/h3-4H,5-6,12H2,1-2H3,(H,13,16). The maximum atomic E-state index is 11.1. The Morgan fingerprint density at radius 1 is 1.62 bits per heavy atom. The van der Waals surface area contributed by atoms with Gasteiger partial charge in [0.25, 0.3) is 0 Å². The fourth-order valence-corrected chi connectivity index (χ4v) is 1.39. The van der Waals surface area contributed by atoms with Crippen LogP contribution in [0, 0.1) is 0 Å². The Morgan fingerprint density at radius 3 is 2.94 bits per heavy atom. The monoisotopic (exact) mass is 242 g/mol. The molecule has 88 valence electrons. The molecule has 0 atom stereocenters. The van der Waals surface area contributed by atoms with Gasteiger partial charge in [-0.3, -0.25) is 4.79 Å². The molecule has 0 spiro atoms. The Bertz CT molecular complexity index is 383. The summed E-state index contributed by atoms with van der Waals surface area (Å²) in [6, 6.07) is 3.33. The van der Waals surface area contributed by atoms with Gasteiger partial charge in [0.1, 0.15) is 5.15 Å². The van der Waals surface area contributed by atoms with Gasteiger partial charge in [-0.25, -0.2) is 4.98 Å². The number of anilines is 2. The van der Waals surface area contributed by atoms with Crippen LogP contribution in [0.1, 0.15) is 6.42 Å². The number of hydrogen-bond donors (Lipinski definition) is 2. The topological polar surface area (TPSA) is 71.2 Å². The van der Waals surface area contributed by atoms with E-state index in [0.717, 1.165) is 0 Å². The number of nitrogens with two attached hydrogens (primary N) is 1. The van der Waals surface area contributed by atoms with E-state index in [1.807, 2.05) is 7.05 Å². The fourth-order valence-electron chi connectivity index (χ4n) is 1.24. The average molecular weight is 243 g/mol. The molecule has 0 aliphatic heterocycles. The summed E-state index contributed by atoms with van der Waals surface area (Å²) in [5.41, 5.74) is 6.31. The second-order valence-electron chi connectivity index (χ2n) is 3.39. The van der Waals surface area contributed by atoms with Crippen molar-refractivity contribution in [3.63, 3.8) is 0 Å². The van der Waals surface area contributed by atoms with Gasteiger partial charge >= 0.3 is 0 Å². The molecule has 0 unspecified atom stereocenters. The number of aromatic nitrogens is 1. The second-order valence-corrected chi connectivity index (χ2v) is 3.78. The van der Waals surface area contributed by atoms with Gasteiger partial charge in [0.2, 0.25) is 5.91 Å². The van der Waals surface area contributed by atoms with Crippen LogP contribution in [-0.4, -0.2) is 31.5 Å². The van der Waals surface area contributed by atoms with E-state index >= 15 is 0 Å². The molecular weight excluding hydrogens is 228 g/mol. The van der Waals surface area contributed by atoms with Crippen molar-refractivity contribution in [2.45, 2.75) is 6.42 Å². The molecule has 0 bridgehead atoms. The lowest BCUT2D eigenvalue weighted by atomic mass is 10.3. The van der Waals surface area contributed by atoms with Crippen LogP contribution >= 0.6 is 11.6 Å². The van der Waals surface area contributed by atoms with E-state index in [1.54, 1.807) is 24.1 Å². The molecule has 5 nitrogen and oxygen atoms in total. The zero-order chi connectivity index (χ0) is 12.1. The van der Waals surface area contributed by atoms with Gasteiger partial charge in [0.05, 0.1) is 5.69 Å². The molecule has 1 amide bonds. The highest BCUT2D eigenvalue weighted by Crippen LogP contribution is 2.21. The van der Waals surface area contributed by atoms with Crippen molar-refractivity contribution < 1.29 is 4.79 Å². The molecular formula is C10H15ClN4O. The fraction of sp³-hybridized carbons (Fsp3) is 0.400. The van der Waals surface area contributed by atoms with Gasteiger partial charge in [-0.2, -0.15) is 0 Å². The lowest BCUT2D eigenvalue weighted by Gasteiger charge is -2.19. The molecule has 0 saturated carbocycles. The van der Waals surface area contributed by atoms with E-state index in [9.17, 15) is 4.79 Å². The number of nitrogens with zero attached hydrogens (tertiary/aromatic N) is 2. The average Bonchev–Trinajstić information content (AvgIpc) is 2.28. The van der Waals surface area contributed by atoms with E-state index in [0.29, 0.717) is 29.6 Å². The van der Waals surface area contributed by atoms with Crippen LogP contribution in [0.4, 0.5) is 11.5 Å². The third-order valence-corrected chi connectivity index (χ3v) is 2.40. The van der Waals surface area contributed by atoms with Crippen molar-refractivity contribution in [2.75, 3.05) is 31.3 Å². The summed E-state index contributed by atoms with van der Waals surface area (Å²) >= 11 is 5.78. The van der Waals surface area contributed by atoms with Crippen molar-refractivity contribution in [3.8, 4) is 0 Å². The van der Waals surface area contributed by atoms with Gasteiger partial charge in [-0.05, 0) is 12.1 Å². The molecule has 0 aliphatic rings. The highest BCUT2D eigenvalue weighted by Gasteiger charge is 2.09. The summed E-state index contributed by atoms with van der Waals surface area (Å²) < 4.78 is 0. The van der Waals surface area contributed by atoms with Crippen LogP contribution in [0.25, 0.3) is 0 Å². The molecule has 6 heteroatoms. The molecule has 0 aromatic carbocycles. The zero-order valence-electron chi connectivity index (χ0n) is 9.33. The van der Waals surface area contributed by atoms with Crippen LogP contribution in [0.5, 0.6) is 0 Å². The SMILES string of the molecule is CNC(=O)CCN(C)c1nc(Cl)ccc1N. The number of rotatable bonds is 4. The van der Waals surface area contributed by atoms with E-state index < -0.39 is 0 Å². The van der Waals surface area contributed by atoms with Gasteiger partial charge < -0.3 is 16.0 Å². The molecule has 0 fully saturated rings. The number of carbonyl (C=O) groups excluding carboxylic acids is 1. The van der Waals surface area contributed by atoms with Gasteiger partial charge in [-0.15, -0.1) is 0 Å². The van der Waals surface area contributed by atoms with Gasteiger partial charge in [0.15, 0.2) is 5.82 Å². The van der Waals surface area contributed by atoms with Crippen LogP contribution in [-0.2, 0) is 4.79 Å². The number of amides is 1. The summed E-state index contributed by atoms with van der Waals surface area (Å²) in [6.07, 6.45) is 0.390. The predicted octanol–water partition coefficient (Wildman–Crippen LogP) is 0.890. The minimum atomic E-state index is -0.0209. The van der Waals surface area contributed by atoms with Gasteiger partial charge in [-0.1, -0.05) is 11.6 Å². The number of nitrogen functional groups attached to an aromatic ring is 1. The maximum Gasteiger partial charge on any atom is 0.221 e. The third-order valence-electron chi connectivity index (χ3n) is 2.19. The zero-order valence-corrected chi connectivity index (χ0v) is 10.1. The highest BCUT2D eigenvalue weighted by molar-refractivity contribution is 6.29. The predicted molar refractivity (Wildman–Crippen MR) is 65.6 cm³/mol. The minimum absolute atomic E-state index is 0.0209. The van der Waals surface area contributed by atoms with Crippen LogP contribution in [0.2, 0.25) is 5.15 Å². The molecule has 0 saturated heterocycles. The molecule has 3 N–H and O–H groups in total. The van der Waals surface area contributed by atoms with Crippen molar-refractivity contribution >= 4 is 29.0 Å². The van der Waals surface area contributed by atoms with Crippen LogP contribution < -0.4 is 16.0 Å². The third kappa shape index (κ3) is 3.27. The lowest BCUT2D eigenvalue weighted by molar-refractivity contribution is -0.120. The normalized spacial score (nSPS) is 9.94. The molecule has 16 heavy (non-hydrogen) atoms. The van der Waals surface area contributed by atoms with Crippen LogP contribution in [0.15, 0.2) is 12.1 Å². The minimum Gasteiger partial charge on any atom is -0.396 e. The molecule has 1 aromatic heterocycles. The number of nitrogens with one attached hydrogen (secondary N) is 1. The first kappa shape index (κ1) is 12.6. The van der Waals surface area contributed by atoms with Crippen LogP contribution in [0.3, 0.4) is 0 Å². The highest BCUT2D eigenvalue weighted by atomic mass is 35.5. The van der Waals surface area contributed by atoms with E-state index in [1.165, 1.54) is 0 Å². The summed E-state index contributed by atoms with van der Waals surface area (Å²) in [6.45, 7) is 0.539. The quantitative estimate of drug-likeness (QED) is 0.770. The molecule has 1 heterocycles. The number of halogens is 1. The van der Waals surface area contributed by atoms with Gasteiger partial charge in [0, 0.05) is 27.1 Å². The number of carbonyl (C=O) groups is 1. The first-order valence-electron chi connectivity index (χ1n) is 4.88. The Morgan fingerprint density at radius 2 is 2.31 bits per heavy atom. The Kier molecular flexibility index (Phi) is 4.37. The lowest BCUT2D eigenvalue weighted by Crippen LogP contribution is -2.27. The second kappa shape index (κ2) is 5.55. The maximum absolute atomic E-state index is 11.1. The molecule has 1 aromatic rings. The van der Waals surface area contributed by atoms with Crippen molar-refractivity contribution in [1.29, 1.82) is 0 Å². The van der Waals surface area contributed by atoms with Crippen molar-refractivity contribution in [2.24, 2.45) is 0 Å². The Hall–Kier alpha value is -1.49. The first-order valence-corrected chi connectivity index (χ1v) is 5.26. The number of hydrogen-bond acceptors (Lipinski definition) is 4. The van der Waals surface area contributed by atoms with E-state index in [2.05, 4.69) is 10.3 Å². The van der Waals surface area contributed by atoms with Crippen molar-refractivity contribution in [3.05, 3.63) is 17.3 Å². The van der Waals surface area contributed by atoms with E-state index in [-0.39, 0.29) is 5.91 Å². The summed E-state index contributed by atoms with van der Waals surface area (Å²) in [5.74, 6) is 0.573. The summed E-state index contributed by atoms with van der Waals surface area (Å²) in [7, 11) is 3.42. The first-order chi connectivity index (χ1) is 7.54. The Labute approximate surface area is 99.6 Å². The van der Waals surface area contributed by atoms with Crippen molar-refractivity contribution in [1.82, 2.24) is 10.3 Å². The molecule has 0 aliphatic carbocycles. The number of pyridine rings is 1.